The van der Waals surface area contributed by atoms with Crippen molar-refractivity contribution in [1.82, 2.24) is 0 Å². The molecular weight excluding hydrogens is 284 g/mol. The van der Waals surface area contributed by atoms with E-state index in [9.17, 15) is 4.39 Å². The van der Waals surface area contributed by atoms with Crippen LogP contribution in [0.3, 0.4) is 0 Å². The van der Waals surface area contributed by atoms with Crippen molar-refractivity contribution in [2.75, 3.05) is 0 Å². The fraction of sp³-hybridized carbons (Fsp3) is 0.200. The third-order valence-corrected chi connectivity index (χ3v) is 3.68. The number of rotatable bonds is 3. The van der Waals surface area contributed by atoms with Gasteiger partial charge in [0.05, 0.1) is 0 Å². The highest BCUT2D eigenvalue weighted by Crippen LogP contribution is 2.26. The SMILES string of the molecule is Cc1cc(Cl)ccc1C(N)Cc1cc(F)ccc1Cl. The minimum atomic E-state index is -0.306. The molecule has 0 aliphatic rings. The van der Waals surface area contributed by atoms with Crippen molar-refractivity contribution >= 4 is 23.2 Å². The van der Waals surface area contributed by atoms with Gasteiger partial charge in [-0.1, -0.05) is 29.3 Å². The van der Waals surface area contributed by atoms with E-state index in [0.717, 1.165) is 11.1 Å². The van der Waals surface area contributed by atoms with Gasteiger partial charge in [-0.2, -0.15) is 0 Å². The lowest BCUT2D eigenvalue weighted by Crippen LogP contribution is -2.15. The van der Waals surface area contributed by atoms with Crippen molar-refractivity contribution in [3.8, 4) is 0 Å². The van der Waals surface area contributed by atoms with Gasteiger partial charge in [-0.3, -0.25) is 0 Å². The van der Waals surface area contributed by atoms with Crippen LogP contribution in [0.25, 0.3) is 0 Å². The van der Waals surface area contributed by atoms with Crippen molar-refractivity contribution in [3.63, 3.8) is 0 Å². The molecule has 2 rings (SSSR count). The van der Waals surface area contributed by atoms with E-state index < -0.39 is 0 Å². The number of hydrogen-bond donors (Lipinski definition) is 1. The van der Waals surface area contributed by atoms with Gasteiger partial charge in [-0.05, 0) is 60.4 Å². The Kier molecular flexibility index (Phi) is 4.46. The van der Waals surface area contributed by atoms with Crippen LogP contribution >= 0.6 is 23.2 Å². The molecule has 1 nitrogen and oxygen atoms in total. The molecule has 0 aliphatic carbocycles. The first kappa shape index (κ1) is 14.3. The summed E-state index contributed by atoms with van der Waals surface area (Å²) in [5, 5.41) is 1.21. The maximum atomic E-state index is 13.2. The predicted octanol–water partition coefficient (Wildman–Crippen LogP) is 4.68. The number of benzene rings is 2. The molecule has 0 aromatic heterocycles. The quantitative estimate of drug-likeness (QED) is 0.874. The van der Waals surface area contributed by atoms with Crippen molar-refractivity contribution in [3.05, 3.63) is 69.0 Å². The van der Waals surface area contributed by atoms with Crippen molar-refractivity contribution in [2.45, 2.75) is 19.4 Å². The predicted molar refractivity (Wildman–Crippen MR) is 78.2 cm³/mol. The average Bonchev–Trinajstić information content (AvgIpc) is 2.33. The molecule has 4 heteroatoms. The summed E-state index contributed by atoms with van der Waals surface area (Å²) in [4.78, 5) is 0. The molecule has 0 bridgehead atoms. The standard InChI is InChI=1S/C15H14Cl2FN/c1-9-6-11(16)2-4-13(9)15(19)8-10-7-12(18)3-5-14(10)17/h2-7,15H,8,19H2,1H3. The smallest absolute Gasteiger partial charge is 0.123 e. The molecule has 0 heterocycles. The molecule has 0 aliphatic heterocycles. The molecule has 0 amide bonds. The first-order valence-corrected chi connectivity index (χ1v) is 6.68. The Labute approximate surface area is 122 Å². The van der Waals surface area contributed by atoms with Crippen molar-refractivity contribution < 1.29 is 4.39 Å². The van der Waals surface area contributed by atoms with E-state index in [0.29, 0.717) is 22.0 Å². The fourth-order valence-electron chi connectivity index (χ4n) is 2.10. The zero-order valence-corrected chi connectivity index (χ0v) is 12.0. The van der Waals surface area contributed by atoms with Gasteiger partial charge in [-0.25, -0.2) is 4.39 Å². The van der Waals surface area contributed by atoms with E-state index in [1.165, 1.54) is 12.1 Å². The van der Waals surface area contributed by atoms with Gasteiger partial charge >= 0.3 is 0 Å². The Bertz CT molecular complexity index is 599. The Morgan fingerprint density at radius 2 is 1.89 bits per heavy atom. The Balaban J connectivity index is 2.25. The van der Waals surface area contributed by atoms with Gasteiger partial charge in [0.15, 0.2) is 0 Å². The first-order chi connectivity index (χ1) is 8.97. The maximum Gasteiger partial charge on any atom is 0.123 e. The number of aryl methyl sites for hydroxylation is 1. The maximum absolute atomic E-state index is 13.2. The van der Waals surface area contributed by atoms with Gasteiger partial charge < -0.3 is 5.73 Å². The summed E-state index contributed by atoms with van der Waals surface area (Å²) < 4.78 is 13.2. The minimum absolute atomic E-state index is 0.239. The van der Waals surface area contributed by atoms with E-state index in [2.05, 4.69) is 0 Å². The third-order valence-electron chi connectivity index (χ3n) is 3.08. The highest BCUT2D eigenvalue weighted by atomic mass is 35.5. The van der Waals surface area contributed by atoms with Crippen LogP contribution in [0.15, 0.2) is 36.4 Å². The normalized spacial score (nSPS) is 12.5. The van der Waals surface area contributed by atoms with Crippen LogP contribution in [0, 0.1) is 12.7 Å². The van der Waals surface area contributed by atoms with E-state index in [1.54, 1.807) is 12.1 Å². The summed E-state index contributed by atoms with van der Waals surface area (Å²) in [5.41, 5.74) is 8.90. The van der Waals surface area contributed by atoms with E-state index in [-0.39, 0.29) is 11.9 Å². The molecule has 19 heavy (non-hydrogen) atoms. The molecule has 0 spiro atoms. The summed E-state index contributed by atoms with van der Waals surface area (Å²) in [5.74, 6) is -0.306. The molecule has 0 saturated heterocycles. The van der Waals surface area contributed by atoms with Gasteiger partial charge in [-0.15, -0.1) is 0 Å². The first-order valence-electron chi connectivity index (χ1n) is 5.93. The molecule has 0 radical (unpaired) electrons. The van der Waals surface area contributed by atoms with E-state index in [4.69, 9.17) is 28.9 Å². The summed E-state index contributed by atoms with van der Waals surface area (Å²) in [7, 11) is 0. The Hall–Kier alpha value is -1.09. The second kappa shape index (κ2) is 5.91. The van der Waals surface area contributed by atoms with E-state index in [1.807, 2.05) is 19.1 Å². The molecule has 2 aromatic rings. The molecule has 2 aromatic carbocycles. The summed E-state index contributed by atoms with van der Waals surface area (Å²) in [6.07, 6.45) is 0.485. The number of hydrogen-bond acceptors (Lipinski definition) is 1. The van der Waals surface area contributed by atoms with Gasteiger partial charge in [0.2, 0.25) is 0 Å². The fourth-order valence-corrected chi connectivity index (χ4v) is 2.52. The summed E-state index contributed by atoms with van der Waals surface area (Å²) >= 11 is 12.0. The molecule has 1 atom stereocenters. The zero-order chi connectivity index (χ0) is 14.0. The lowest BCUT2D eigenvalue weighted by atomic mass is 9.96. The van der Waals surface area contributed by atoms with Crippen LogP contribution in [0.2, 0.25) is 10.0 Å². The van der Waals surface area contributed by atoms with Gasteiger partial charge in [0.25, 0.3) is 0 Å². The lowest BCUT2D eigenvalue weighted by Gasteiger charge is -2.16. The second-order valence-electron chi connectivity index (χ2n) is 4.55. The van der Waals surface area contributed by atoms with Crippen LogP contribution < -0.4 is 5.73 Å². The van der Waals surface area contributed by atoms with Crippen LogP contribution in [0.5, 0.6) is 0 Å². The van der Waals surface area contributed by atoms with Crippen LogP contribution in [0.4, 0.5) is 4.39 Å². The topological polar surface area (TPSA) is 26.0 Å². The zero-order valence-electron chi connectivity index (χ0n) is 10.5. The minimum Gasteiger partial charge on any atom is -0.324 e. The van der Waals surface area contributed by atoms with Crippen molar-refractivity contribution in [2.24, 2.45) is 5.73 Å². The molecule has 2 N–H and O–H groups in total. The summed E-state index contributed by atoms with van der Waals surface area (Å²) in [6.45, 7) is 1.95. The lowest BCUT2D eigenvalue weighted by molar-refractivity contribution is 0.622. The highest BCUT2D eigenvalue weighted by molar-refractivity contribution is 6.31. The highest BCUT2D eigenvalue weighted by Gasteiger charge is 2.12. The largest absolute Gasteiger partial charge is 0.324 e. The molecule has 1 unspecified atom stereocenters. The van der Waals surface area contributed by atoms with E-state index >= 15 is 0 Å². The van der Waals surface area contributed by atoms with Crippen LogP contribution in [-0.2, 0) is 6.42 Å². The molecule has 0 fully saturated rings. The molecule has 0 saturated carbocycles. The molecule has 100 valence electrons. The Morgan fingerprint density at radius 3 is 2.58 bits per heavy atom. The monoisotopic (exact) mass is 297 g/mol. The van der Waals surface area contributed by atoms with Gasteiger partial charge in [0.1, 0.15) is 5.82 Å². The number of halogens is 3. The number of nitrogens with two attached hydrogens (primary N) is 1. The molecular formula is C15H14Cl2FN. The summed E-state index contributed by atoms with van der Waals surface area (Å²) in [6, 6.07) is 9.64. The second-order valence-corrected chi connectivity index (χ2v) is 5.39. The van der Waals surface area contributed by atoms with Crippen LogP contribution in [0.1, 0.15) is 22.7 Å². The van der Waals surface area contributed by atoms with Gasteiger partial charge in [0, 0.05) is 16.1 Å². The average molecular weight is 298 g/mol. The third kappa shape index (κ3) is 3.47. The Morgan fingerprint density at radius 1 is 1.16 bits per heavy atom. The van der Waals surface area contributed by atoms with Crippen molar-refractivity contribution in [1.29, 1.82) is 0 Å². The van der Waals surface area contributed by atoms with Crippen LogP contribution in [-0.4, -0.2) is 0 Å².